The summed E-state index contributed by atoms with van der Waals surface area (Å²) in [6.45, 7) is 1.32. The van der Waals surface area contributed by atoms with Crippen molar-refractivity contribution in [3.05, 3.63) is 71.3 Å². The molecule has 0 aliphatic carbocycles. The van der Waals surface area contributed by atoms with E-state index >= 15 is 0 Å². The van der Waals surface area contributed by atoms with Crippen LogP contribution in [0, 0.1) is 0 Å². The number of carbonyl (C=O) groups excluding carboxylic acids is 1. The van der Waals surface area contributed by atoms with E-state index in [1.54, 1.807) is 7.05 Å². The van der Waals surface area contributed by atoms with Crippen molar-refractivity contribution in [2.24, 2.45) is 4.99 Å². The molecule has 5 nitrogen and oxygen atoms in total. The third kappa shape index (κ3) is 7.75. The van der Waals surface area contributed by atoms with Gasteiger partial charge in [-0.2, -0.15) is 13.2 Å². The molecule has 152 valence electrons. The second-order valence-corrected chi connectivity index (χ2v) is 5.67. The van der Waals surface area contributed by atoms with Crippen molar-refractivity contribution in [2.75, 3.05) is 20.1 Å². The van der Waals surface area contributed by atoms with Crippen molar-refractivity contribution in [1.82, 2.24) is 16.0 Å². The number of aliphatic imine (C=N–C) groups is 1. The molecule has 0 saturated carbocycles. The van der Waals surface area contributed by atoms with Crippen LogP contribution < -0.4 is 16.0 Å². The standard InChI is InChI=1S/C19H21F3N4O.HI/c1-23-18(26-13-14-5-3-2-4-6-14)25-12-11-24-17(27)15-7-9-16(10-8-15)19(20,21)22;/h2-10H,11-13H2,1H3,(H,24,27)(H2,23,25,26);1H. The minimum Gasteiger partial charge on any atom is -0.355 e. The molecule has 9 heteroatoms. The molecule has 0 aliphatic rings. The van der Waals surface area contributed by atoms with Crippen molar-refractivity contribution in [2.45, 2.75) is 12.7 Å². The first-order valence-corrected chi connectivity index (χ1v) is 8.34. The second-order valence-electron chi connectivity index (χ2n) is 5.67. The number of hydrogen-bond acceptors (Lipinski definition) is 2. The van der Waals surface area contributed by atoms with E-state index in [2.05, 4.69) is 20.9 Å². The highest BCUT2D eigenvalue weighted by Gasteiger charge is 2.30. The van der Waals surface area contributed by atoms with E-state index in [1.165, 1.54) is 0 Å². The summed E-state index contributed by atoms with van der Waals surface area (Å²) in [5, 5.41) is 8.84. The van der Waals surface area contributed by atoms with Gasteiger partial charge in [-0.05, 0) is 29.8 Å². The minimum absolute atomic E-state index is 0. The average Bonchev–Trinajstić information content (AvgIpc) is 2.67. The average molecular weight is 506 g/mol. The van der Waals surface area contributed by atoms with Crippen LogP contribution in [0.4, 0.5) is 13.2 Å². The molecule has 0 aliphatic heterocycles. The predicted octanol–water partition coefficient (Wildman–Crippen LogP) is 3.42. The molecule has 28 heavy (non-hydrogen) atoms. The molecular formula is C19H22F3IN4O. The van der Waals surface area contributed by atoms with Crippen LogP contribution in [0.15, 0.2) is 59.6 Å². The van der Waals surface area contributed by atoms with Gasteiger partial charge in [0.25, 0.3) is 5.91 Å². The van der Waals surface area contributed by atoms with Crippen LogP contribution in [-0.2, 0) is 12.7 Å². The minimum atomic E-state index is -4.42. The van der Waals surface area contributed by atoms with Gasteiger partial charge in [0.2, 0.25) is 0 Å². The number of rotatable bonds is 6. The van der Waals surface area contributed by atoms with Gasteiger partial charge in [-0.3, -0.25) is 9.79 Å². The van der Waals surface area contributed by atoms with Crippen molar-refractivity contribution in [3.63, 3.8) is 0 Å². The number of guanidine groups is 1. The Balaban J connectivity index is 0.00000392. The Morgan fingerprint density at radius 2 is 1.54 bits per heavy atom. The monoisotopic (exact) mass is 506 g/mol. The molecule has 0 saturated heterocycles. The molecule has 3 N–H and O–H groups in total. The zero-order valence-corrected chi connectivity index (χ0v) is 17.5. The summed E-state index contributed by atoms with van der Waals surface area (Å²) < 4.78 is 37.6. The lowest BCUT2D eigenvalue weighted by atomic mass is 10.1. The van der Waals surface area contributed by atoms with Crippen LogP contribution in [0.3, 0.4) is 0 Å². The van der Waals surface area contributed by atoms with Crippen LogP contribution in [0.5, 0.6) is 0 Å². The number of nitrogens with one attached hydrogen (secondary N) is 3. The molecule has 0 bridgehead atoms. The Kier molecular flexibility index (Phi) is 9.77. The van der Waals surface area contributed by atoms with Gasteiger partial charge >= 0.3 is 6.18 Å². The first-order chi connectivity index (χ1) is 12.9. The van der Waals surface area contributed by atoms with Gasteiger partial charge < -0.3 is 16.0 Å². The van der Waals surface area contributed by atoms with E-state index in [4.69, 9.17) is 0 Å². The van der Waals surface area contributed by atoms with Gasteiger partial charge in [0.15, 0.2) is 5.96 Å². The van der Waals surface area contributed by atoms with E-state index < -0.39 is 17.6 Å². The largest absolute Gasteiger partial charge is 0.416 e. The van der Waals surface area contributed by atoms with Crippen molar-refractivity contribution in [1.29, 1.82) is 0 Å². The Bertz CT molecular complexity index is 765. The van der Waals surface area contributed by atoms with Crippen molar-refractivity contribution >= 4 is 35.8 Å². The van der Waals surface area contributed by atoms with Gasteiger partial charge in [0, 0.05) is 32.2 Å². The van der Waals surface area contributed by atoms with E-state index in [0.717, 1.165) is 29.8 Å². The molecule has 0 spiro atoms. The molecule has 2 rings (SSSR count). The molecule has 1 amide bonds. The summed E-state index contributed by atoms with van der Waals surface area (Å²) in [7, 11) is 1.64. The quantitative estimate of drug-likeness (QED) is 0.244. The van der Waals surface area contributed by atoms with E-state index in [-0.39, 0.29) is 29.5 Å². The highest BCUT2D eigenvalue weighted by atomic mass is 127. The smallest absolute Gasteiger partial charge is 0.355 e. The summed E-state index contributed by atoms with van der Waals surface area (Å²) in [6, 6.07) is 13.9. The zero-order valence-electron chi connectivity index (χ0n) is 15.2. The normalized spacial score (nSPS) is 11.4. The van der Waals surface area contributed by atoms with Crippen LogP contribution in [0.2, 0.25) is 0 Å². The number of nitrogens with zero attached hydrogens (tertiary/aromatic N) is 1. The first kappa shape index (κ1) is 23.7. The molecule has 0 heterocycles. The summed E-state index contributed by atoms with van der Waals surface area (Å²) in [5.74, 6) is 0.153. The molecule has 2 aromatic carbocycles. The molecule has 0 radical (unpaired) electrons. The SMILES string of the molecule is CN=C(NCCNC(=O)c1ccc(C(F)(F)F)cc1)NCc1ccccc1.I. The van der Waals surface area contributed by atoms with Crippen molar-refractivity contribution in [3.8, 4) is 0 Å². The van der Waals surface area contributed by atoms with Crippen LogP contribution in [-0.4, -0.2) is 32.0 Å². The molecular weight excluding hydrogens is 484 g/mol. The Morgan fingerprint density at radius 3 is 2.11 bits per heavy atom. The predicted molar refractivity (Wildman–Crippen MR) is 114 cm³/mol. The maximum Gasteiger partial charge on any atom is 0.416 e. The fraction of sp³-hybridized carbons (Fsp3) is 0.263. The fourth-order valence-electron chi connectivity index (χ4n) is 2.27. The molecule has 2 aromatic rings. The summed E-state index contributed by atoms with van der Waals surface area (Å²) in [6.07, 6.45) is -4.42. The lowest BCUT2D eigenvalue weighted by Gasteiger charge is -2.12. The van der Waals surface area contributed by atoms with Gasteiger partial charge in [-0.1, -0.05) is 30.3 Å². The number of amides is 1. The molecule has 0 atom stereocenters. The van der Waals surface area contributed by atoms with E-state index in [0.29, 0.717) is 25.6 Å². The molecule has 0 fully saturated rings. The highest BCUT2D eigenvalue weighted by Crippen LogP contribution is 2.28. The lowest BCUT2D eigenvalue weighted by Crippen LogP contribution is -2.41. The number of hydrogen-bond donors (Lipinski definition) is 3. The fourth-order valence-corrected chi connectivity index (χ4v) is 2.27. The summed E-state index contributed by atoms with van der Waals surface area (Å²) in [4.78, 5) is 16.1. The first-order valence-electron chi connectivity index (χ1n) is 8.34. The van der Waals surface area contributed by atoms with Crippen LogP contribution in [0.1, 0.15) is 21.5 Å². The van der Waals surface area contributed by atoms with Crippen LogP contribution >= 0.6 is 24.0 Å². The van der Waals surface area contributed by atoms with Gasteiger partial charge in [-0.15, -0.1) is 24.0 Å². The third-order valence-electron chi connectivity index (χ3n) is 3.70. The summed E-state index contributed by atoms with van der Waals surface area (Å²) >= 11 is 0. The highest BCUT2D eigenvalue weighted by molar-refractivity contribution is 14.0. The van der Waals surface area contributed by atoms with E-state index in [9.17, 15) is 18.0 Å². The topological polar surface area (TPSA) is 65.5 Å². The second kappa shape index (κ2) is 11.5. The Morgan fingerprint density at radius 1 is 0.929 bits per heavy atom. The van der Waals surface area contributed by atoms with Gasteiger partial charge in [0.05, 0.1) is 5.56 Å². The molecule has 0 aromatic heterocycles. The summed E-state index contributed by atoms with van der Waals surface area (Å²) in [5.41, 5.74) is 0.500. The zero-order chi connectivity index (χ0) is 19.7. The van der Waals surface area contributed by atoms with E-state index in [1.807, 2.05) is 30.3 Å². The van der Waals surface area contributed by atoms with Gasteiger partial charge in [-0.25, -0.2) is 0 Å². The number of carbonyl (C=O) groups is 1. The lowest BCUT2D eigenvalue weighted by molar-refractivity contribution is -0.137. The van der Waals surface area contributed by atoms with Crippen molar-refractivity contribution < 1.29 is 18.0 Å². The Labute approximate surface area is 178 Å². The molecule has 0 unspecified atom stereocenters. The maximum atomic E-state index is 12.5. The van der Waals surface area contributed by atoms with Gasteiger partial charge in [0.1, 0.15) is 0 Å². The third-order valence-corrected chi connectivity index (χ3v) is 3.70. The Hall–Kier alpha value is -2.30. The van der Waals surface area contributed by atoms with Crippen LogP contribution in [0.25, 0.3) is 0 Å². The maximum absolute atomic E-state index is 12.5. The number of benzene rings is 2. The number of alkyl halides is 3. The number of halogens is 4.